The molecule has 0 bridgehead atoms. The first kappa shape index (κ1) is 24.5. The minimum atomic E-state index is -0.582. The Morgan fingerprint density at radius 1 is 1.05 bits per heavy atom. The van der Waals surface area contributed by atoms with Crippen molar-refractivity contribution < 1.29 is 14.1 Å². The van der Waals surface area contributed by atoms with Gasteiger partial charge in [-0.15, -0.1) is 10.2 Å². The molecule has 0 saturated heterocycles. The Bertz CT molecular complexity index is 1320. The fraction of sp³-hybridized carbons (Fsp3) is 0.571. The molecule has 1 aliphatic heterocycles. The van der Waals surface area contributed by atoms with E-state index in [1.165, 1.54) is 24.1 Å². The highest BCUT2D eigenvalue weighted by atomic mass is 35.5. The van der Waals surface area contributed by atoms with Crippen molar-refractivity contribution in [2.75, 3.05) is 0 Å². The molecule has 1 aromatic carbocycles. The summed E-state index contributed by atoms with van der Waals surface area (Å²) in [5.74, 6) is 3.55. The summed E-state index contributed by atoms with van der Waals surface area (Å²) in [4.78, 5) is 14.7. The molecule has 2 aromatic heterocycles. The van der Waals surface area contributed by atoms with Crippen molar-refractivity contribution in [1.29, 1.82) is 0 Å². The van der Waals surface area contributed by atoms with Crippen molar-refractivity contribution in [3.8, 4) is 5.69 Å². The number of nitrogens with zero attached hydrogens (tertiary/aromatic N) is 5. The first-order valence-corrected chi connectivity index (χ1v) is 13.8. The van der Waals surface area contributed by atoms with Crippen LogP contribution < -0.4 is 0 Å². The number of hydrogen-bond acceptors (Lipinski definition) is 6. The molecule has 1 fully saturated rings. The molecule has 37 heavy (non-hydrogen) atoms. The van der Waals surface area contributed by atoms with E-state index in [2.05, 4.69) is 19.9 Å². The van der Waals surface area contributed by atoms with Crippen LogP contribution in [0, 0.1) is 0 Å². The lowest BCUT2D eigenvalue weighted by atomic mass is 9.78. The second-order valence-electron chi connectivity index (χ2n) is 11.6. The van der Waals surface area contributed by atoms with Gasteiger partial charge in [0.05, 0.1) is 24.5 Å². The van der Waals surface area contributed by atoms with Crippen molar-refractivity contribution in [2.24, 2.45) is 0 Å². The fourth-order valence-corrected chi connectivity index (χ4v) is 6.30. The molecule has 0 unspecified atom stereocenters. The van der Waals surface area contributed by atoms with Crippen LogP contribution in [0.5, 0.6) is 0 Å². The summed E-state index contributed by atoms with van der Waals surface area (Å²) in [7, 11) is 0. The minimum absolute atomic E-state index is 0.289. The van der Waals surface area contributed by atoms with Crippen LogP contribution in [0.15, 0.2) is 22.7 Å². The Kier molecular flexibility index (Phi) is 6.25. The molecule has 2 aliphatic carbocycles. The fourth-order valence-electron chi connectivity index (χ4n) is 6.10. The zero-order valence-corrected chi connectivity index (χ0v) is 22.6. The number of ether oxygens (including phenoxy) is 1. The minimum Gasteiger partial charge on any atom is -0.444 e. The van der Waals surface area contributed by atoms with Gasteiger partial charge in [0.15, 0.2) is 5.82 Å². The van der Waals surface area contributed by atoms with Crippen LogP contribution in [0.3, 0.4) is 0 Å². The smallest absolute Gasteiger partial charge is 0.411 e. The van der Waals surface area contributed by atoms with Crippen molar-refractivity contribution >= 4 is 17.7 Å². The lowest BCUT2D eigenvalue weighted by Crippen LogP contribution is -2.35. The summed E-state index contributed by atoms with van der Waals surface area (Å²) in [5.41, 5.74) is 3.93. The maximum absolute atomic E-state index is 13.0. The van der Waals surface area contributed by atoms with Gasteiger partial charge in [-0.3, -0.25) is 9.47 Å². The molecular formula is C28H34ClN5O3. The number of amides is 1. The molecule has 3 aliphatic rings. The first-order chi connectivity index (χ1) is 17.8. The number of aromatic nitrogens is 4. The molecule has 0 atom stereocenters. The Morgan fingerprint density at radius 3 is 2.59 bits per heavy atom. The predicted octanol–water partition coefficient (Wildman–Crippen LogP) is 6.48. The number of fused-ring (bicyclic) bond motifs is 4. The van der Waals surface area contributed by atoms with Gasteiger partial charge in [-0.05, 0) is 89.5 Å². The van der Waals surface area contributed by atoms with Crippen LogP contribution in [0.1, 0.15) is 105 Å². The SMILES string of the molecule is CC(C)(C)OC(=O)N1Cc2cc(Cl)ccc2-n2c(nnc2[C@H]2CC[C@@H](c3noc4c3CCCC4)CC2)C1. The average Bonchev–Trinajstić information content (AvgIpc) is 3.43. The van der Waals surface area contributed by atoms with Gasteiger partial charge in [-0.2, -0.15) is 0 Å². The molecule has 1 amide bonds. The van der Waals surface area contributed by atoms with Crippen LogP contribution in [0.4, 0.5) is 4.79 Å². The number of aryl methyl sites for hydroxylation is 1. The molecule has 0 radical (unpaired) electrons. The summed E-state index contributed by atoms with van der Waals surface area (Å²) >= 11 is 6.38. The van der Waals surface area contributed by atoms with Crippen LogP contribution in [-0.2, 0) is 30.7 Å². The molecule has 3 aromatic rings. The summed E-state index contributed by atoms with van der Waals surface area (Å²) in [6.45, 7) is 6.35. The third-order valence-electron chi connectivity index (χ3n) is 7.84. The van der Waals surface area contributed by atoms with Gasteiger partial charge in [0.2, 0.25) is 0 Å². The highest BCUT2D eigenvalue weighted by Crippen LogP contribution is 2.43. The number of benzene rings is 1. The van der Waals surface area contributed by atoms with E-state index >= 15 is 0 Å². The summed E-state index contributed by atoms with van der Waals surface area (Å²) < 4.78 is 13.5. The van der Waals surface area contributed by atoms with Crippen molar-refractivity contribution in [1.82, 2.24) is 24.8 Å². The van der Waals surface area contributed by atoms with Crippen LogP contribution >= 0.6 is 11.6 Å². The van der Waals surface area contributed by atoms with E-state index in [0.717, 1.165) is 67.2 Å². The zero-order chi connectivity index (χ0) is 25.7. The van der Waals surface area contributed by atoms with Crippen LogP contribution in [0.25, 0.3) is 5.69 Å². The normalized spacial score (nSPS) is 21.6. The zero-order valence-electron chi connectivity index (χ0n) is 21.8. The molecule has 6 rings (SSSR count). The Morgan fingerprint density at radius 2 is 1.81 bits per heavy atom. The Hall–Kier alpha value is -2.87. The third-order valence-corrected chi connectivity index (χ3v) is 8.08. The molecule has 0 spiro atoms. The maximum atomic E-state index is 13.0. The lowest BCUT2D eigenvalue weighted by molar-refractivity contribution is 0.0214. The van der Waals surface area contributed by atoms with E-state index in [4.69, 9.17) is 20.9 Å². The van der Waals surface area contributed by atoms with Crippen molar-refractivity contribution in [3.05, 3.63) is 57.5 Å². The van der Waals surface area contributed by atoms with Gasteiger partial charge in [0.25, 0.3) is 0 Å². The number of carbonyl (C=O) groups excluding carboxylic acids is 1. The monoisotopic (exact) mass is 523 g/mol. The van der Waals surface area contributed by atoms with E-state index in [1.807, 2.05) is 39.0 Å². The molecule has 9 heteroatoms. The van der Waals surface area contributed by atoms with Gasteiger partial charge < -0.3 is 9.26 Å². The number of rotatable bonds is 2. The van der Waals surface area contributed by atoms with Crippen molar-refractivity contribution in [2.45, 2.75) is 103 Å². The standard InChI is InChI=1S/C28H34ClN5O3/c1-28(2,3)36-27(35)33-15-19-14-20(29)12-13-22(19)34-24(16-33)30-31-26(34)18-10-8-17(9-11-18)25-21-6-4-5-7-23(21)37-32-25/h12-14,17-18H,4-11,15-16H2,1-3H3/t17-,18+. The molecule has 196 valence electrons. The lowest BCUT2D eigenvalue weighted by Gasteiger charge is -2.28. The van der Waals surface area contributed by atoms with E-state index in [1.54, 1.807) is 4.90 Å². The molecule has 8 nitrogen and oxygen atoms in total. The highest BCUT2D eigenvalue weighted by molar-refractivity contribution is 6.30. The topological polar surface area (TPSA) is 86.3 Å². The van der Waals surface area contributed by atoms with E-state index in [0.29, 0.717) is 24.0 Å². The molecular weight excluding hydrogens is 490 g/mol. The summed E-state index contributed by atoms with van der Waals surface area (Å²) in [6, 6.07) is 5.83. The second-order valence-corrected chi connectivity index (χ2v) is 12.1. The van der Waals surface area contributed by atoms with Gasteiger partial charge in [-0.25, -0.2) is 4.79 Å². The molecule has 3 heterocycles. The van der Waals surface area contributed by atoms with Crippen LogP contribution in [-0.4, -0.2) is 36.5 Å². The van der Waals surface area contributed by atoms with Gasteiger partial charge in [0.1, 0.15) is 17.2 Å². The molecule has 0 N–H and O–H groups in total. The summed E-state index contributed by atoms with van der Waals surface area (Å²) in [5, 5.41) is 14.4. The largest absolute Gasteiger partial charge is 0.444 e. The third kappa shape index (κ3) is 4.76. The van der Waals surface area contributed by atoms with Gasteiger partial charge in [-0.1, -0.05) is 16.8 Å². The quantitative estimate of drug-likeness (QED) is 0.382. The average molecular weight is 524 g/mol. The second kappa shape index (κ2) is 9.46. The van der Waals surface area contributed by atoms with Crippen LogP contribution in [0.2, 0.25) is 5.02 Å². The highest BCUT2D eigenvalue weighted by Gasteiger charge is 2.35. The maximum Gasteiger partial charge on any atom is 0.411 e. The number of carbonyl (C=O) groups is 1. The summed E-state index contributed by atoms with van der Waals surface area (Å²) in [6.07, 6.45) is 8.33. The Labute approximate surface area is 222 Å². The number of halogens is 1. The van der Waals surface area contributed by atoms with E-state index < -0.39 is 5.60 Å². The van der Waals surface area contributed by atoms with Gasteiger partial charge in [0, 0.05) is 28.8 Å². The van der Waals surface area contributed by atoms with Crippen molar-refractivity contribution in [3.63, 3.8) is 0 Å². The van der Waals surface area contributed by atoms with E-state index in [-0.39, 0.29) is 12.0 Å². The van der Waals surface area contributed by atoms with E-state index in [9.17, 15) is 4.79 Å². The Balaban J connectivity index is 1.27. The van der Waals surface area contributed by atoms with Gasteiger partial charge >= 0.3 is 6.09 Å². The first-order valence-electron chi connectivity index (χ1n) is 13.4. The molecule has 1 saturated carbocycles. The predicted molar refractivity (Wildman–Crippen MR) is 139 cm³/mol. The number of hydrogen-bond donors (Lipinski definition) is 0.